The van der Waals surface area contributed by atoms with Crippen molar-refractivity contribution in [3.8, 4) is 5.75 Å². The van der Waals surface area contributed by atoms with Gasteiger partial charge in [-0.2, -0.15) is 0 Å². The molecule has 1 atom stereocenters. The Morgan fingerprint density at radius 1 is 1.00 bits per heavy atom. The molecule has 4 rings (SSSR count). The van der Waals surface area contributed by atoms with E-state index < -0.39 is 0 Å². The van der Waals surface area contributed by atoms with Gasteiger partial charge in [0.05, 0.1) is 18.9 Å². The molecule has 1 aliphatic heterocycles. The van der Waals surface area contributed by atoms with Gasteiger partial charge in [-0.3, -0.25) is 9.69 Å². The van der Waals surface area contributed by atoms with Crippen LogP contribution in [0.2, 0.25) is 0 Å². The highest BCUT2D eigenvalue weighted by Gasteiger charge is 2.43. The van der Waals surface area contributed by atoms with Crippen molar-refractivity contribution in [2.24, 2.45) is 5.16 Å². The molecule has 1 amide bonds. The van der Waals surface area contributed by atoms with Gasteiger partial charge in [0.25, 0.3) is 5.91 Å². The van der Waals surface area contributed by atoms with Gasteiger partial charge in [0, 0.05) is 17.8 Å². The molecule has 1 fully saturated rings. The highest BCUT2D eigenvalue weighted by Crippen LogP contribution is 2.43. The lowest BCUT2D eigenvalue weighted by atomic mass is 9.86. The predicted molar refractivity (Wildman–Crippen MR) is 140 cm³/mol. The maximum absolute atomic E-state index is 13.1. The van der Waals surface area contributed by atoms with E-state index >= 15 is 0 Å². The normalized spacial score (nSPS) is 16.8. The van der Waals surface area contributed by atoms with E-state index in [0.717, 1.165) is 36.5 Å². The van der Waals surface area contributed by atoms with Gasteiger partial charge in [-0.05, 0) is 61.4 Å². The fraction of sp³-hybridized carbons (Fsp3) is 0.241. The van der Waals surface area contributed by atoms with Crippen LogP contribution in [-0.4, -0.2) is 31.9 Å². The predicted octanol–water partition coefficient (Wildman–Crippen LogP) is 5.28. The van der Waals surface area contributed by atoms with Crippen molar-refractivity contribution in [1.82, 2.24) is 5.32 Å². The third-order valence-electron chi connectivity index (χ3n) is 5.82. The van der Waals surface area contributed by atoms with Gasteiger partial charge in [0.1, 0.15) is 12.4 Å². The van der Waals surface area contributed by atoms with Crippen molar-refractivity contribution in [2.45, 2.75) is 25.9 Å². The van der Waals surface area contributed by atoms with Crippen molar-refractivity contribution in [2.75, 3.05) is 25.2 Å². The summed E-state index contributed by atoms with van der Waals surface area (Å²) in [6.07, 6.45) is 2.67. The molecular formula is C29H31N3O3. The topological polar surface area (TPSA) is 63.2 Å². The summed E-state index contributed by atoms with van der Waals surface area (Å²) in [4.78, 5) is 20.4. The second-order valence-corrected chi connectivity index (χ2v) is 8.37. The van der Waals surface area contributed by atoms with Crippen LogP contribution in [0.25, 0.3) is 0 Å². The van der Waals surface area contributed by atoms with Gasteiger partial charge in [-0.15, -0.1) is 0 Å². The number of hydrogen-bond donors (Lipinski definition) is 1. The average molecular weight is 470 g/mol. The van der Waals surface area contributed by atoms with E-state index in [9.17, 15) is 4.79 Å². The van der Waals surface area contributed by atoms with Crippen molar-refractivity contribution < 1.29 is 14.4 Å². The molecule has 0 saturated carbocycles. The number of carbonyl (C=O) groups excluding carboxylic acids is 1. The lowest BCUT2D eigenvalue weighted by Gasteiger charge is -2.43. The van der Waals surface area contributed by atoms with Gasteiger partial charge in [-0.1, -0.05) is 65.8 Å². The first-order chi connectivity index (χ1) is 17.2. The smallest absolute Gasteiger partial charge is 0.257 e. The number of benzene rings is 3. The molecule has 0 aromatic heterocycles. The maximum atomic E-state index is 13.1. The number of allylic oxidation sites excluding steroid dienone is 1. The molecule has 180 valence electrons. The molecule has 0 bridgehead atoms. The Hall–Kier alpha value is -3.90. The average Bonchev–Trinajstić information content (AvgIpc) is 2.91. The van der Waals surface area contributed by atoms with Crippen LogP contribution in [0.5, 0.6) is 5.75 Å². The highest BCUT2D eigenvalue weighted by molar-refractivity contribution is 6.18. The monoisotopic (exact) mass is 469 g/mol. The summed E-state index contributed by atoms with van der Waals surface area (Å²) in [5.74, 6) is 0.716. The molecule has 0 spiro atoms. The number of β-lactam (4-membered cyclic amide) rings is 1. The van der Waals surface area contributed by atoms with Gasteiger partial charge in [0.15, 0.2) is 0 Å². The van der Waals surface area contributed by atoms with Crippen molar-refractivity contribution >= 4 is 17.3 Å². The number of rotatable bonds is 11. The number of oxime groups is 1. The molecule has 1 aliphatic rings. The van der Waals surface area contributed by atoms with Gasteiger partial charge in [0.2, 0.25) is 0 Å². The summed E-state index contributed by atoms with van der Waals surface area (Å²) < 4.78 is 5.25. The summed E-state index contributed by atoms with van der Waals surface area (Å²) in [5, 5.41) is 7.61. The molecule has 3 aromatic carbocycles. The van der Waals surface area contributed by atoms with Gasteiger partial charge < -0.3 is 14.9 Å². The molecule has 1 unspecified atom stereocenters. The Bertz CT molecular complexity index is 1160. The Morgan fingerprint density at radius 3 is 2.37 bits per heavy atom. The summed E-state index contributed by atoms with van der Waals surface area (Å²) in [6.45, 7) is 4.04. The Kier molecular flexibility index (Phi) is 8.30. The van der Waals surface area contributed by atoms with E-state index in [1.165, 1.54) is 5.56 Å². The Labute approximate surface area is 206 Å². The minimum atomic E-state index is -0.176. The number of nitrogens with one attached hydrogen (secondary N) is 1. The fourth-order valence-corrected chi connectivity index (χ4v) is 4.05. The standard InChI is InChI=1S/C29H31N3O3/c1-22(31-35-19-9-18-30-21-23-10-5-3-6-11-23)20-27-28(24-12-7-4-8-13-24)32(29(27)33)25-14-16-26(34-2)17-15-25/h3-8,10-17,20,28,30H,9,18-19,21H2,1-2H3/b27-20+,31-22+. The van der Waals surface area contributed by atoms with Crippen LogP contribution >= 0.6 is 0 Å². The molecule has 3 aromatic rings. The number of methoxy groups -OCH3 is 1. The maximum Gasteiger partial charge on any atom is 0.257 e. The third kappa shape index (κ3) is 6.16. The minimum absolute atomic E-state index is 0.0383. The van der Waals surface area contributed by atoms with Crippen molar-refractivity contribution in [3.63, 3.8) is 0 Å². The second-order valence-electron chi connectivity index (χ2n) is 8.37. The van der Waals surface area contributed by atoms with E-state index in [1.54, 1.807) is 12.0 Å². The number of hydrogen-bond acceptors (Lipinski definition) is 5. The summed E-state index contributed by atoms with van der Waals surface area (Å²) in [7, 11) is 1.63. The van der Waals surface area contributed by atoms with Crippen LogP contribution in [0.15, 0.2) is 102 Å². The summed E-state index contributed by atoms with van der Waals surface area (Å²) >= 11 is 0. The molecule has 1 saturated heterocycles. The van der Waals surface area contributed by atoms with Gasteiger partial charge >= 0.3 is 0 Å². The third-order valence-corrected chi connectivity index (χ3v) is 5.82. The zero-order valence-corrected chi connectivity index (χ0v) is 20.2. The van der Waals surface area contributed by atoms with Crippen LogP contribution in [0.1, 0.15) is 30.5 Å². The lowest BCUT2D eigenvalue weighted by molar-refractivity contribution is -0.119. The molecule has 0 aliphatic carbocycles. The first-order valence-electron chi connectivity index (χ1n) is 11.8. The van der Waals surface area contributed by atoms with Crippen LogP contribution in [-0.2, 0) is 16.2 Å². The number of ether oxygens (including phenoxy) is 1. The quantitative estimate of drug-likeness (QED) is 0.136. The van der Waals surface area contributed by atoms with E-state index in [-0.39, 0.29) is 11.9 Å². The van der Waals surface area contributed by atoms with Crippen LogP contribution in [0, 0.1) is 0 Å². The lowest BCUT2D eigenvalue weighted by Crippen LogP contribution is -2.49. The summed E-state index contributed by atoms with van der Waals surface area (Å²) in [6, 6.07) is 27.7. The molecule has 6 nitrogen and oxygen atoms in total. The number of nitrogens with zero attached hydrogens (tertiary/aromatic N) is 2. The van der Waals surface area contributed by atoms with E-state index in [4.69, 9.17) is 9.57 Å². The first kappa shape index (κ1) is 24.2. The van der Waals surface area contributed by atoms with E-state index in [0.29, 0.717) is 17.9 Å². The Balaban J connectivity index is 1.35. The van der Waals surface area contributed by atoms with Crippen molar-refractivity contribution in [3.05, 3.63) is 108 Å². The largest absolute Gasteiger partial charge is 0.497 e. The SMILES string of the molecule is COc1ccc(N2C(=O)/C(=C/C(C)=N/OCCCNCc3ccccc3)C2c2ccccc2)cc1. The minimum Gasteiger partial charge on any atom is -0.497 e. The van der Waals surface area contributed by atoms with E-state index in [2.05, 4.69) is 22.6 Å². The van der Waals surface area contributed by atoms with Crippen LogP contribution in [0.3, 0.4) is 0 Å². The molecule has 1 N–H and O–H groups in total. The first-order valence-corrected chi connectivity index (χ1v) is 11.8. The molecule has 6 heteroatoms. The molecular weight excluding hydrogens is 438 g/mol. The van der Waals surface area contributed by atoms with Crippen LogP contribution < -0.4 is 15.0 Å². The second kappa shape index (κ2) is 12.0. The Morgan fingerprint density at radius 2 is 1.69 bits per heavy atom. The zero-order chi connectivity index (χ0) is 24.5. The highest BCUT2D eigenvalue weighted by atomic mass is 16.6. The molecule has 1 heterocycles. The van der Waals surface area contributed by atoms with Crippen LogP contribution in [0.4, 0.5) is 5.69 Å². The summed E-state index contributed by atoms with van der Waals surface area (Å²) in [5.41, 5.74) is 4.50. The van der Waals surface area contributed by atoms with E-state index in [1.807, 2.05) is 85.8 Å². The molecule has 0 radical (unpaired) electrons. The molecule has 35 heavy (non-hydrogen) atoms. The van der Waals surface area contributed by atoms with Crippen molar-refractivity contribution in [1.29, 1.82) is 0 Å². The number of anilines is 1. The number of amides is 1. The number of carbonyl (C=O) groups is 1. The van der Waals surface area contributed by atoms with Gasteiger partial charge in [-0.25, -0.2) is 0 Å². The zero-order valence-electron chi connectivity index (χ0n) is 20.2. The fourth-order valence-electron chi connectivity index (χ4n) is 4.05.